The van der Waals surface area contributed by atoms with Crippen molar-refractivity contribution in [1.29, 1.82) is 0 Å². The van der Waals surface area contributed by atoms with E-state index in [1.807, 2.05) is 6.07 Å². The van der Waals surface area contributed by atoms with E-state index >= 15 is 0 Å². The van der Waals surface area contributed by atoms with E-state index in [9.17, 15) is 4.79 Å². The number of carbonyl (C=O) groups excluding carboxylic acids is 1. The molecule has 0 spiro atoms. The van der Waals surface area contributed by atoms with Gasteiger partial charge in [-0.15, -0.1) is 0 Å². The molecule has 3 nitrogen and oxygen atoms in total. The summed E-state index contributed by atoms with van der Waals surface area (Å²) < 4.78 is 0. The Hall–Kier alpha value is -1.09. The first-order valence-electron chi connectivity index (χ1n) is 7.32. The topological polar surface area (TPSA) is 42.0 Å². The number of aromatic nitrogens is 1. The van der Waals surface area contributed by atoms with Gasteiger partial charge >= 0.3 is 0 Å². The predicted molar refractivity (Wildman–Crippen MR) is 82.2 cm³/mol. The van der Waals surface area contributed by atoms with E-state index in [0.29, 0.717) is 10.7 Å². The zero-order chi connectivity index (χ0) is 14.8. The quantitative estimate of drug-likeness (QED) is 0.854. The third kappa shape index (κ3) is 3.95. The molecule has 0 bridgehead atoms. The van der Waals surface area contributed by atoms with E-state index in [4.69, 9.17) is 11.6 Å². The number of rotatable bonds is 4. The van der Waals surface area contributed by atoms with Crippen LogP contribution >= 0.6 is 11.6 Å². The first kappa shape index (κ1) is 15.3. The monoisotopic (exact) mass is 294 g/mol. The summed E-state index contributed by atoms with van der Waals surface area (Å²) in [4.78, 5) is 16.5. The molecule has 1 N–H and O–H groups in total. The first-order valence-corrected chi connectivity index (χ1v) is 7.70. The fourth-order valence-corrected chi connectivity index (χ4v) is 2.49. The highest BCUT2D eigenvalue weighted by molar-refractivity contribution is 6.29. The van der Waals surface area contributed by atoms with Gasteiger partial charge in [-0.2, -0.15) is 0 Å². The molecule has 0 saturated heterocycles. The molecule has 0 atom stereocenters. The van der Waals surface area contributed by atoms with Crippen LogP contribution in [0.25, 0.3) is 0 Å². The molecular formula is C16H23ClN2O. The van der Waals surface area contributed by atoms with Gasteiger partial charge in [0.2, 0.25) is 0 Å². The van der Waals surface area contributed by atoms with Gasteiger partial charge in [-0.3, -0.25) is 4.79 Å². The highest BCUT2D eigenvalue weighted by Crippen LogP contribution is 2.28. The van der Waals surface area contributed by atoms with Crippen LogP contribution in [0.1, 0.15) is 62.5 Å². The van der Waals surface area contributed by atoms with Crippen molar-refractivity contribution >= 4 is 17.5 Å². The van der Waals surface area contributed by atoms with Gasteiger partial charge in [0.15, 0.2) is 0 Å². The predicted octanol–water partition coefficient (Wildman–Crippen LogP) is 3.95. The van der Waals surface area contributed by atoms with Gasteiger partial charge in [0.05, 0.1) is 0 Å². The zero-order valence-corrected chi connectivity index (χ0v) is 13.3. The second kappa shape index (κ2) is 6.13. The van der Waals surface area contributed by atoms with Crippen LogP contribution in [-0.2, 0) is 5.41 Å². The molecule has 0 radical (unpaired) electrons. The number of nitrogens with zero attached hydrogens (tertiary/aromatic N) is 1. The summed E-state index contributed by atoms with van der Waals surface area (Å²) in [6.45, 7) is 6.92. The van der Waals surface area contributed by atoms with Crippen molar-refractivity contribution in [2.75, 3.05) is 6.54 Å². The Balaban J connectivity index is 1.99. The summed E-state index contributed by atoms with van der Waals surface area (Å²) >= 11 is 6.03. The highest BCUT2D eigenvalue weighted by atomic mass is 35.5. The zero-order valence-electron chi connectivity index (χ0n) is 12.5. The Bertz CT molecular complexity index is 490. The first-order chi connectivity index (χ1) is 9.36. The Morgan fingerprint density at radius 3 is 2.65 bits per heavy atom. The molecule has 110 valence electrons. The van der Waals surface area contributed by atoms with E-state index < -0.39 is 0 Å². The molecule has 1 aliphatic rings. The summed E-state index contributed by atoms with van der Waals surface area (Å²) in [5, 5.41) is 3.36. The Morgan fingerprint density at radius 1 is 1.40 bits per heavy atom. The minimum absolute atomic E-state index is 0.0564. The number of halogens is 1. The maximum atomic E-state index is 12.2. The van der Waals surface area contributed by atoms with Crippen LogP contribution in [0.5, 0.6) is 0 Å². The van der Waals surface area contributed by atoms with Crippen molar-refractivity contribution in [3.05, 3.63) is 28.5 Å². The van der Waals surface area contributed by atoms with Gasteiger partial charge in [0.25, 0.3) is 5.91 Å². The van der Waals surface area contributed by atoms with Gasteiger partial charge in [-0.1, -0.05) is 51.6 Å². The molecule has 1 aromatic heterocycles. The molecule has 2 rings (SSSR count). The van der Waals surface area contributed by atoms with Crippen LogP contribution in [0.15, 0.2) is 12.1 Å². The molecule has 1 aromatic rings. The number of pyridine rings is 1. The lowest BCUT2D eigenvalue weighted by Crippen LogP contribution is -2.28. The smallest absolute Gasteiger partial charge is 0.251 e. The second-order valence-electron chi connectivity index (χ2n) is 6.66. The molecule has 0 aromatic carbocycles. The molecule has 1 amide bonds. The fourth-order valence-electron chi connectivity index (χ4n) is 2.29. The third-order valence-electron chi connectivity index (χ3n) is 3.89. The molecule has 4 heteroatoms. The third-order valence-corrected chi connectivity index (χ3v) is 4.08. The average molecular weight is 295 g/mol. The molecule has 1 aliphatic carbocycles. The molecular weight excluding hydrogens is 272 g/mol. The van der Waals surface area contributed by atoms with Crippen molar-refractivity contribution in [3.63, 3.8) is 0 Å². The van der Waals surface area contributed by atoms with E-state index in [-0.39, 0.29) is 11.3 Å². The Labute approximate surface area is 126 Å². The molecule has 0 aliphatic heterocycles. The van der Waals surface area contributed by atoms with Crippen LogP contribution < -0.4 is 5.32 Å². The van der Waals surface area contributed by atoms with Crippen molar-refractivity contribution < 1.29 is 4.79 Å². The lowest BCUT2D eigenvalue weighted by Gasteiger charge is -2.25. The number of hydrogen-bond acceptors (Lipinski definition) is 2. The van der Waals surface area contributed by atoms with Crippen LogP contribution in [0.4, 0.5) is 0 Å². The van der Waals surface area contributed by atoms with E-state index in [2.05, 4.69) is 31.1 Å². The van der Waals surface area contributed by atoms with Crippen molar-refractivity contribution in [1.82, 2.24) is 10.3 Å². The van der Waals surface area contributed by atoms with Gasteiger partial charge in [-0.25, -0.2) is 4.98 Å². The standard InChI is InChI=1S/C16H23ClN2O/c1-16(2,3)13-9-12(10-14(17)19-13)15(20)18-8-7-11-5-4-6-11/h9-11H,4-8H2,1-3H3,(H,18,20). The molecule has 1 saturated carbocycles. The minimum atomic E-state index is -0.119. The fraction of sp³-hybridized carbons (Fsp3) is 0.625. The number of hydrogen-bond donors (Lipinski definition) is 1. The van der Waals surface area contributed by atoms with Gasteiger partial charge in [0, 0.05) is 23.2 Å². The number of carbonyl (C=O) groups is 1. The van der Waals surface area contributed by atoms with E-state index in [1.165, 1.54) is 19.3 Å². The van der Waals surface area contributed by atoms with Crippen molar-refractivity contribution in [3.8, 4) is 0 Å². The van der Waals surface area contributed by atoms with Crippen LogP contribution in [0.2, 0.25) is 5.15 Å². The maximum Gasteiger partial charge on any atom is 0.251 e. The highest BCUT2D eigenvalue weighted by Gasteiger charge is 2.20. The number of amides is 1. The molecule has 1 fully saturated rings. The van der Waals surface area contributed by atoms with Crippen LogP contribution in [0.3, 0.4) is 0 Å². The largest absolute Gasteiger partial charge is 0.352 e. The SMILES string of the molecule is CC(C)(C)c1cc(C(=O)NCCC2CCC2)cc(Cl)n1. The van der Waals surface area contributed by atoms with Crippen LogP contribution in [-0.4, -0.2) is 17.4 Å². The van der Waals surface area contributed by atoms with Gasteiger partial charge < -0.3 is 5.32 Å². The Morgan fingerprint density at radius 2 is 2.10 bits per heavy atom. The van der Waals surface area contributed by atoms with E-state index in [1.54, 1.807) is 6.07 Å². The molecule has 20 heavy (non-hydrogen) atoms. The summed E-state index contributed by atoms with van der Waals surface area (Å²) in [5.74, 6) is 0.751. The summed E-state index contributed by atoms with van der Waals surface area (Å²) in [7, 11) is 0. The molecule has 1 heterocycles. The average Bonchev–Trinajstić information content (AvgIpc) is 2.30. The summed E-state index contributed by atoms with van der Waals surface area (Å²) in [5.41, 5.74) is 1.32. The minimum Gasteiger partial charge on any atom is -0.352 e. The number of nitrogens with one attached hydrogen (secondary N) is 1. The van der Waals surface area contributed by atoms with Gasteiger partial charge in [-0.05, 0) is 24.5 Å². The van der Waals surface area contributed by atoms with Crippen molar-refractivity contribution in [2.24, 2.45) is 5.92 Å². The normalized spacial score (nSPS) is 15.8. The van der Waals surface area contributed by atoms with E-state index in [0.717, 1.165) is 24.6 Å². The lowest BCUT2D eigenvalue weighted by atomic mass is 9.83. The lowest BCUT2D eigenvalue weighted by molar-refractivity contribution is 0.0948. The summed E-state index contributed by atoms with van der Waals surface area (Å²) in [6.07, 6.45) is 5.04. The second-order valence-corrected chi connectivity index (χ2v) is 7.04. The molecule has 0 unspecified atom stereocenters. The van der Waals surface area contributed by atoms with Crippen molar-refractivity contribution in [2.45, 2.75) is 51.9 Å². The summed E-state index contributed by atoms with van der Waals surface area (Å²) in [6, 6.07) is 3.47. The maximum absolute atomic E-state index is 12.2. The Kier molecular flexibility index (Phi) is 4.69. The van der Waals surface area contributed by atoms with Gasteiger partial charge in [0.1, 0.15) is 5.15 Å². The van der Waals surface area contributed by atoms with Crippen LogP contribution in [0, 0.1) is 5.92 Å².